The molecule has 90 valence electrons. The Balaban J connectivity index is 4.35. The third-order valence-electron chi connectivity index (χ3n) is 3.26. The van der Waals surface area contributed by atoms with Gasteiger partial charge in [-0.3, -0.25) is 4.99 Å². The Kier molecular flexibility index (Phi) is 7.67. The summed E-state index contributed by atoms with van der Waals surface area (Å²) in [5, 5.41) is 9.04. The lowest BCUT2D eigenvalue weighted by atomic mass is 9.93. The lowest BCUT2D eigenvalue weighted by Gasteiger charge is -2.20. The SMILES string of the molecule is CCCC(CC)C(C)N=C(C)C(C)CO. The monoisotopic (exact) mass is 213 g/mol. The molecule has 0 saturated heterocycles. The summed E-state index contributed by atoms with van der Waals surface area (Å²) in [6.45, 7) is 10.9. The minimum Gasteiger partial charge on any atom is -0.396 e. The van der Waals surface area contributed by atoms with Crippen LogP contribution in [0.2, 0.25) is 0 Å². The second kappa shape index (κ2) is 7.86. The van der Waals surface area contributed by atoms with Crippen molar-refractivity contribution in [3.05, 3.63) is 0 Å². The fourth-order valence-electron chi connectivity index (χ4n) is 1.84. The first-order chi connectivity index (χ1) is 7.06. The number of hydrogen-bond acceptors (Lipinski definition) is 2. The van der Waals surface area contributed by atoms with Crippen LogP contribution in [0.3, 0.4) is 0 Å². The number of rotatable bonds is 7. The van der Waals surface area contributed by atoms with Gasteiger partial charge in [0.05, 0.1) is 6.61 Å². The van der Waals surface area contributed by atoms with Gasteiger partial charge in [-0.05, 0) is 26.2 Å². The quantitative estimate of drug-likeness (QED) is 0.647. The van der Waals surface area contributed by atoms with Gasteiger partial charge < -0.3 is 5.11 Å². The van der Waals surface area contributed by atoms with Crippen molar-refractivity contribution < 1.29 is 5.11 Å². The van der Waals surface area contributed by atoms with E-state index < -0.39 is 0 Å². The van der Waals surface area contributed by atoms with Gasteiger partial charge >= 0.3 is 0 Å². The van der Waals surface area contributed by atoms with E-state index in [2.05, 4.69) is 20.8 Å². The summed E-state index contributed by atoms with van der Waals surface area (Å²) in [7, 11) is 0. The van der Waals surface area contributed by atoms with Crippen LogP contribution in [-0.2, 0) is 0 Å². The molecule has 0 aliphatic carbocycles. The maximum Gasteiger partial charge on any atom is 0.0508 e. The summed E-state index contributed by atoms with van der Waals surface area (Å²) < 4.78 is 0. The average molecular weight is 213 g/mol. The van der Waals surface area contributed by atoms with Crippen molar-refractivity contribution in [2.24, 2.45) is 16.8 Å². The first-order valence-corrected chi connectivity index (χ1v) is 6.21. The first-order valence-electron chi connectivity index (χ1n) is 6.21. The van der Waals surface area contributed by atoms with E-state index in [1.165, 1.54) is 19.3 Å². The Bertz CT molecular complexity index is 189. The molecule has 3 atom stereocenters. The van der Waals surface area contributed by atoms with Gasteiger partial charge in [0.2, 0.25) is 0 Å². The van der Waals surface area contributed by atoms with E-state index in [4.69, 9.17) is 10.1 Å². The minimum absolute atomic E-state index is 0.201. The first kappa shape index (κ1) is 14.6. The summed E-state index contributed by atoms with van der Waals surface area (Å²) in [4.78, 5) is 4.69. The van der Waals surface area contributed by atoms with E-state index in [9.17, 15) is 0 Å². The van der Waals surface area contributed by atoms with Crippen molar-refractivity contribution in [3.8, 4) is 0 Å². The van der Waals surface area contributed by atoms with Crippen LogP contribution in [0.15, 0.2) is 4.99 Å². The number of hydrogen-bond donors (Lipinski definition) is 1. The Morgan fingerprint density at radius 2 is 1.87 bits per heavy atom. The summed E-state index contributed by atoms with van der Waals surface area (Å²) in [6.07, 6.45) is 3.67. The molecule has 0 spiro atoms. The average Bonchev–Trinajstić information content (AvgIpc) is 2.24. The molecule has 0 aliphatic rings. The van der Waals surface area contributed by atoms with Gasteiger partial charge in [0.15, 0.2) is 0 Å². The van der Waals surface area contributed by atoms with E-state index in [1.54, 1.807) is 0 Å². The van der Waals surface area contributed by atoms with Gasteiger partial charge in [0, 0.05) is 17.7 Å². The molecule has 2 nitrogen and oxygen atoms in total. The fraction of sp³-hybridized carbons (Fsp3) is 0.923. The largest absolute Gasteiger partial charge is 0.396 e. The number of aliphatic hydroxyl groups excluding tert-OH is 1. The van der Waals surface area contributed by atoms with Crippen molar-refractivity contribution in [1.82, 2.24) is 0 Å². The van der Waals surface area contributed by atoms with Crippen molar-refractivity contribution in [2.75, 3.05) is 6.61 Å². The molecule has 2 heteroatoms. The Morgan fingerprint density at radius 3 is 2.27 bits per heavy atom. The molecule has 0 amide bonds. The van der Waals surface area contributed by atoms with E-state index >= 15 is 0 Å². The molecule has 0 rings (SSSR count). The molecule has 0 bridgehead atoms. The van der Waals surface area contributed by atoms with Crippen LogP contribution in [0.1, 0.15) is 53.9 Å². The van der Waals surface area contributed by atoms with Crippen LogP contribution in [0.25, 0.3) is 0 Å². The van der Waals surface area contributed by atoms with Crippen molar-refractivity contribution in [1.29, 1.82) is 0 Å². The summed E-state index contributed by atoms with van der Waals surface area (Å²) >= 11 is 0. The Hall–Kier alpha value is -0.370. The molecule has 0 fully saturated rings. The molecule has 0 radical (unpaired) electrons. The van der Waals surface area contributed by atoms with Gasteiger partial charge in [-0.15, -0.1) is 0 Å². The van der Waals surface area contributed by atoms with Crippen LogP contribution < -0.4 is 0 Å². The van der Waals surface area contributed by atoms with Crippen LogP contribution in [0.5, 0.6) is 0 Å². The fourth-order valence-corrected chi connectivity index (χ4v) is 1.84. The Morgan fingerprint density at radius 1 is 1.27 bits per heavy atom. The molecule has 15 heavy (non-hydrogen) atoms. The number of nitrogens with zero attached hydrogens (tertiary/aromatic N) is 1. The zero-order valence-corrected chi connectivity index (χ0v) is 11.0. The molecule has 0 heterocycles. The molecule has 0 aromatic rings. The van der Waals surface area contributed by atoms with Crippen LogP contribution in [0, 0.1) is 11.8 Å². The molecule has 3 unspecified atom stereocenters. The van der Waals surface area contributed by atoms with Crippen molar-refractivity contribution >= 4 is 5.71 Å². The highest BCUT2D eigenvalue weighted by Crippen LogP contribution is 2.18. The van der Waals surface area contributed by atoms with E-state index in [1.807, 2.05) is 13.8 Å². The maximum absolute atomic E-state index is 9.04. The molecule has 0 aromatic carbocycles. The van der Waals surface area contributed by atoms with E-state index in [0.29, 0.717) is 12.0 Å². The highest BCUT2D eigenvalue weighted by Gasteiger charge is 2.14. The lowest BCUT2D eigenvalue weighted by Crippen LogP contribution is -2.19. The second-order valence-corrected chi connectivity index (χ2v) is 4.55. The molecular formula is C13H27NO. The highest BCUT2D eigenvalue weighted by molar-refractivity contribution is 5.84. The normalized spacial score (nSPS) is 18.7. The zero-order chi connectivity index (χ0) is 11.8. The third kappa shape index (κ3) is 5.31. The summed E-state index contributed by atoms with van der Waals surface area (Å²) in [5.41, 5.74) is 1.08. The third-order valence-corrected chi connectivity index (χ3v) is 3.26. The van der Waals surface area contributed by atoms with E-state index in [0.717, 1.165) is 5.71 Å². The number of aliphatic hydroxyl groups is 1. The van der Waals surface area contributed by atoms with Crippen LogP contribution in [0.4, 0.5) is 0 Å². The number of aliphatic imine (C=N–C) groups is 1. The molecule has 0 aromatic heterocycles. The highest BCUT2D eigenvalue weighted by atomic mass is 16.3. The second-order valence-electron chi connectivity index (χ2n) is 4.55. The van der Waals surface area contributed by atoms with Crippen LogP contribution in [-0.4, -0.2) is 23.5 Å². The maximum atomic E-state index is 9.04. The standard InChI is InChI=1S/C13H27NO/c1-6-8-13(7-2)12(5)14-11(4)10(3)9-15/h10,12-13,15H,6-9H2,1-5H3. The van der Waals surface area contributed by atoms with Crippen molar-refractivity contribution in [2.45, 2.75) is 59.9 Å². The van der Waals surface area contributed by atoms with Gasteiger partial charge in [0.25, 0.3) is 0 Å². The molecular weight excluding hydrogens is 186 g/mol. The predicted octanol–water partition coefficient (Wildman–Crippen LogP) is 3.29. The van der Waals surface area contributed by atoms with Gasteiger partial charge in [-0.1, -0.05) is 33.6 Å². The van der Waals surface area contributed by atoms with Crippen molar-refractivity contribution in [3.63, 3.8) is 0 Å². The van der Waals surface area contributed by atoms with Gasteiger partial charge in [-0.25, -0.2) is 0 Å². The summed E-state index contributed by atoms with van der Waals surface area (Å²) in [5.74, 6) is 0.891. The molecule has 0 saturated carbocycles. The summed E-state index contributed by atoms with van der Waals surface area (Å²) in [6, 6.07) is 0.393. The Labute approximate surface area is 94.8 Å². The molecule has 0 aliphatic heterocycles. The smallest absolute Gasteiger partial charge is 0.0508 e. The lowest BCUT2D eigenvalue weighted by molar-refractivity contribution is 0.269. The van der Waals surface area contributed by atoms with Crippen LogP contribution >= 0.6 is 0 Å². The molecule has 1 N–H and O–H groups in total. The topological polar surface area (TPSA) is 32.6 Å². The van der Waals surface area contributed by atoms with Gasteiger partial charge in [0.1, 0.15) is 0 Å². The predicted molar refractivity (Wildman–Crippen MR) is 67.5 cm³/mol. The van der Waals surface area contributed by atoms with E-state index in [-0.39, 0.29) is 12.5 Å². The van der Waals surface area contributed by atoms with Gasteiger partial charge in [-0.2, -0.15) is 0 Å². The minimum atomic E-state index is 0.201. The zero-order valence-electron chi connectivity index (χ0n) is 11.0.